The van der Waals surface area contributed by atoms with E-state index in [2.05, 4.69) is 0 Å². The van der Waals surface area contributed by atoms with Crippen molar-refractivity contribution >= 4 is 18.6 Å². The molecule has 0 amide bonds. The Morgan fingerprint density at radius 2 is 1.80 bits per heavy atom. The maximum atomic E-state index is 14.4. The number of hydrogen-bond donors (Lipinski definition) is 1. The number of carboxylic acid groups (broad SMARTS) is 1. The Morgan fingerprint density at radius 3 is 2.30 bits per heavy atom. The Kier molecular flexibility index (Phi) is 3.65. The normalized spacial score (nSPS) is 20.1. The van der Waals surface area contributed by atoms with Gasteiger partial charge in [0.2, 0.25) is 0 Å². The number of hydrogen-bond acceptors (Lipinski definition) is 3. The Morgan fingerprint density at radius 1 is 1.25 bits per heavy atom. The van der Waals surface area contributed by atoms with E-state index in [1.54, 1.807) is 12.1 Å². The van der Waals surface area contributed by atoms with Gasteiger partial charge in [0.05, 0.1) is 17.6 Å². The summed E-state index contributed by atoms with van der Waals surface area (Å²) in [7, 11) is -0.825. The molecule has 1 heterocycles. The van der Waals surface area contributed by atoms with Crippen LogP contribution in [-0.4, -0.2) is 29.4 Å². The standard InChI is InChI=1S/C14H18BFO4/c1-13(2)14(3,4)20-15(19-13)10-7-5-6-9(12(10)16)8-11(17)18/h5-7H,8H2,1-4H3,(H,17,18). The lowest BCUT2D eigenvalue weighted by molar-refractivity contribution is -0.136. The van der Waals surface area contributed by atoms with Crippen molar-refractivity contribution in [1.82, 2.24) is 0 Å². The van der Waals surface area contributed by atoms with Gasteiger partial charge in [-0.05, 0) is 33.3 Å². The fraction of sp³-hybridized carbons (Fsp3) is 0.500. The maximum absolute atomic E-state index is 14.4. The van der Waals surface area contributed by atoms with Gasteiger partial charge < -0.3 is 14.4 Å². The first-order valence-electron chi connectivity index (χ1n) is 6.49. The molecule has 1 N–H and O–H groups in total. The molecule has 0 radical (unpaired) electrons. The first-order valence-corrected chi connectivity index (χ1v) is 6.49. The fourth-order valence-corrected chi connectivity index (χ4v) is 2.05. The minimum Gasteiger partial charge on any atom is -0.481 e. The van der Waals surface area contributed by atoms with Gasteiger partial charge in [0.15, 0.2) is 0 Å². The second-order valence-electron chi connectivity index (χ2n) is 5.98. The van der Waals surface area contributed by atoms with Crippen LogP contribution in [0.4, 0.5) is 4.39 Å². The molecule has 0 aromatic heterocycles. The fourth-order valence-electron chi connectivity index (χ4n) is 2.05. The molecule has 0 bridgehead atoms. The van der Waals surface area contributed by atoms with Crippen LogP contribution in [0, 0.1) is 5.82 Å². The van der Waals surface area contributed by atoms with Crippen molar-refractivity contribution in [3.63, 3.8) is 0 Å². The molecule has 4 nitrogen and oxygen atoms in total. The minimum atomic E-state index is -1.07. The molecule has 1 aromatic rings. The topological polar surface area (TPSA) is 55.8 Å². The number of carbonyl (C=O) groups is 1. The molecule has 1 aliphatic heterocycles. The molecule has 2 rings (SSSR count). The van der Waals surface area contributed by atoms with E-state index in [-0.39, 0.29) is 17.4 Å². The average Bonchev–Trinajstić information content (AvgIpc) is 2.50. The number of carboxylic acids is 1. The van der Waals surface area contributed by atoms with Crippen LogP contribution in [-0.2, 0) is 20.5 Å². The molecule has 20 heavy (non-hydrogen) atoms. The van der Waals surface area contributed by atoms with Crippen LogP contribution in [0.1, 0.15) is 33.3 Å². The second-order valence-corrected chi connectivity index (χ2v) is 5.98. The first-order chi connectivity index (χ1) is 9.14. The van der Waals surface area contributed by atoms with Gasteiger partial charge in [-0.1, -0.05) is 18.2 Å². The molecule has 0 saturated carbocycles. The lowest BCUT2D eigenvalue weighted by Gasteiger charge is -2.32. The molecule has 0 atom stereocenters. The van der Waals surface area contributed by atoms with Crippen molar-refractivity contribution in [3.05, 3.63) is 29.6 Å². The summed E-state index contributed by atoms with van der Waals surface area (Å²) in [4.78, 5) is 10.7. The van der Waals surface area contributed by atoms with E-state index >= 15 is 0 Å². The van der Waals surface area contributed by atoms with Crippen molar-refractivity contribution in [1.29, 1.82) is 0 Å². The van der Waals surface area contributed by atoms with Gasteiger partial charge in [0.25, 0.3) is 0 Å². The molecule has 1 aliphatic rings. The SMILES string of the molecule is CC1(C)OB(c2cccc(CC(=O)O)c2F)OC1(C)C. The van der Waals surface area contributed by atoms with E-state index in [0.717, 1.165) is 0 Å². The van der Waals surface area contributed by atoms with Gasteiger partial charge >= 0.3 is 13.1 Å². The van der Waals surface area contributed by atoms with Gasteiger partial charge in [-0.2, -0.15) is 0 Å². The first kappa shape index (κ1) is 15.0. The number of rotatable bonds is 3. The molecule has 6 heteroatoms. The summed E-state index contributed by atoms with van der Waals surface area (Å²) in [6, 6.07) is 4.63. The quantitative estimate of drug-likeness (QED) is 0.857. The Hall–Kier alpha value is -1.40. The number of aliphatic carboxylic acids is 1. The Labute approximate surface area is 118 Å². The summed E-state index contributed by atoms with van der Waals surface area (Å²) in [5, 5.41) is 8.78. The van der Waals surface area contributed by atoms with Crippen LogP contribution in [0.25, 0.3) is 0 Å². The van der Waals surface area contributed by atoms with E-state index < -0.39 is 30.1 Å². The van der Waals surface area contributed by atoms with Gasteiger partial charge in [0, 0.05) is 5.46 Å². The highest BCUT2D eigenvalue weighted by Gasteiger charge is 2.52. The van der Waals surface area contributed by atoms with E-state index in [0.29, 0.717) is 0 Å². The third kappa shape index (κ3) is 2.58. The highest BCUT2D eigenvalue weighted by Crippen LogP contribution is 2.36. The lowest BCUT2D eigenvalue weighted by Crippen LogP contribution is -2.41. The summed E-state index contributed by atoms with van der Waals surface area (Å²) >= 11 is 0. The maximum Gasteiger partial charge on any atom is 0.497 e. The summed E-state index contributed by atoms with van der Waals surface area (Å²) in [6.45, 7) is 7.52. The van der Waals surface area contributed by atoms with E-state index in [9.17, 15) is 9.18 Å². The van der Waals surface area contributed by atoms with Gasteiger partial charge in [-0.3, -0.25) is 4.79 Å². The van der Waals surface area contributed by atoms with E-state index in [1.807, 2.05) is 27.7 Å². The molecule has 1 saturated heterocycles. The smallest absolute Gasteiger partial charge is 0.481 e. The zero-order valence-electron chi connectivity index (χ0n) is 12.1. The van der Waals surface area contributed by atoms with Crippen LogP contribution in [0.15, 0.2) is 18.2 Å². The molecule has 0 spiro atoms. The van der Waals surface area contributed by atoms with E-state index in [4.69, 9.17) is 14.4 Å². The van der Waals surface area contributed by atoms with Crippen molar-refractivity contribution in [2.24, 2.45) is 0 Å². The van der Waals surface area contributed by atoms with Gasteiger partial charge in [-0.15, -0.1) is 0 Å². The summed E-state index contributed by atoms with van der Waals surface area (Å²) in [6.07, 6.45) is -0.362. The summed E-state index contributed by atoms with van der Waals surface area (Å²) in [5.41, 5.74) is -0.757. The minimum absolute atomic E-state index is 0.129. The van der Waals surface area contributed by atoms with Crippen molar-refractivity contribution in [3.8, 4) is 0 Å². The number of benzene rings is 1. The largest absolute Gasteiger partial charge is 0.497 e. The van der Waals surface area contributed by atoms with Crippen LogP contribution in [0.5, 0.6) is 0 Å². The molecule has 1 aromatic carbocycles. The summed E-state index contributed by atoms with van der Waals surface area (Å²) in [5.74, 6) is -1.65. The van der Waals surface area contributed by atoms with Crippen LogP contribution >= 0.6 is 0 Å². The van der Waals surface area contributed by atoms with Crippen LogP contribution in [0.2, 0.25) is 0 Å². The highest BCUT2D eigenvalue weighted by atomic mass is 19.1. The van der Waals surface area contributed by atoms with Gasteiger partial charge in [0.1, 0.15) is 5.82 Å². The molecule has 1 fully saturated rings. The number of halogens is 1. The zero-order valence-corrected chi connectivity index (χ0v) is 12.1. The molecule has 108 valence electrons. The van der Waals surface area contributed by atoms with Crippen molar-refractivity contribution < 1.29 is 23.6 Å². The Balaban J connectivity index is 2.34. The molecular formula is C14H18BFO4. The third-order valence-electron chi connectivity index (χ3n) is 3.96. The lowest BCUT2D eigenvalue weighted by atomic mass is 9.77. The van der Waals surface area contributed by atoms with Crippen molar-refractivity contribution in [2.75, 3.05) is 0 Å². The predicted octanol–water partition coefficient (Wildman–Crippen LogP) is 1.75. The Bertz CT molecular complexity index is 526. The van der Waals surface area contributed by atoms with Gasteiger partial charge in [-0.25, -0.2) is 4.39 Å². The molecule has 0 unspecified atom stereocenters. The zero-order chi connectivity index (χ0) is 15.1. The second kappa shape index (κ2) is 4.86. The van der Waals surface area contributed by atoms with E-state index in [1.165, 1.54) is 6.07 Å². The van der Waals surface area contributed by atoms with Crippen molar-refractivity contribution in [2.45, 2.75) is 45.3 Å². The monoisotopic (exact) mass is 280 g/mol. The van der Waals surface area contributed by atoms with Crippen LogP contribution in [0.3, 0.4) is 0 Å². The highest BCUT2D eigenvalue weighted by molar-refractivity contribution is 6.62. The summed E-state index contributed by atoms with van der Waals surface area (Å²) < 4.78 is 25.9. The predicted molar refractivity (Wildman–Crippen MR) is 73.5 cm³/mol. The molecular weight excluding hydrogens is 262 g/mol. The average molecular weight is 280 g/mol. The molecule has 0 aliphatic carbocycles. The van der Waals surface area contributed by atoms with Crippen LogP contribution < -0.4 is 5.46 Å². The third-order valence-corrected chi connectivity index (χ3v) is 3.96.